The maximum Gasteiger partial charge on any atom is 0.123 e. The van der Waals surface area contributed by atoms with Gasteiger partial charge in [-0.3, -0.25) is 0 Å². The zero-order valence-electron chi connectivity index (χ0n) is 11.8. The van der Waals surface area contributed by atoms with E-state index in [-0.39, 0.29) is 11.9 Å². The highest BCUT2D eigenvalue weighted by Crippen LogP contribution is 2.18. The van der Waals surface area contributed by atoms with Gasteiger partial charge in [0.15, 0.2) is 0 Å². The van der Waals surface area contributed by atoms with Crippen molar-refractivity contribution in [2.45, 2.75) is 26.0 Å². The molecule has 2 aromatic carbocycles. The Morgan fingerprint density at radius 1 is 1.10 bits per heavy atom. The van der Waals surface area contributed by atoms with Crippen molar-refractivity contribution >= 4 is 0 Å². The number of halogens is 1. The van der Waals surface area contributed by atoms with Crippen molar-refractivity contribution in [1.29, 1.82) is 0 Å². The molecule has 3 heteroatoms. The quantitative estimate of drug-likeness (QED) is 0.873. The number of aryl methyl sites for hydroxylation is 1. The predicted octanol–water partition coefficient (Wildman–Crippen LogP) is 3.52. The molecule has 106 valence electrons. The van der Waals surface area contributed by atoms with Crippen LogP contribution in [0.4, 0.5) is 4.39 Å². The van der Waals surface area contributed by atoms with E-state index in [1.54, 1.807) is 12.1 Å². The molecular weight excluding hydrogens is 253 g/mol. The molecular formula is C17H20FNO. The van der Waals surface area contributed by atoms with E-state index in [4.69, 9.17) is 0 Å². The monoisotopic (exact) mass is 273 g/mol. The van der Waals surface area contributed by atoms with Crippen LogP contribution in [-0.2, 0) is 0 Å². The van der Waals surface area contributed by atoms with Crippen LogP contribution in [0.15, 0.2) is 48.5 Å². The molecule has 0 saturated carbocycles. The molecule has 0 aliphatic carbocycles. The molecule has 0 aromatic heterocycles. The van der Waals surface area contributed by atoms with E-state index >= 15 is 0 Å². The van der Waals surface area contributed by atoms with Gasteiger partial charge in [0.25, 0.3) is 0 Å². The molecule has 0 heterocycles. The van der Waals surface area contributed by atoms with Crippen molar-refractivity contribution in [3.8, 4) is 0 Å². The minimum Gasteiger partial charge on any atom is -0.387 e. The Hall–Kier alpha value is -1.71. The fourth-order valence-electron chi connectivity index (χ4n) is 2.27. The summed E-state index contributed by atoms with van der Waals surface area (Å²) in [4.78, 5) is 0. The first-order valence-corrected chi connectivity index (χ1v) is 6.80. The van der Waals surface area contributed by atoms with Crippen LogP contribution in [0.5, 0.6) is 0 Å². The highest BCUT2D eigenvalue weighted by Gasteiger charge is 2.11. The topological polar surface area (TPSA) is 32.3 Å². The van der Waals surface area contributed by atoms with Crippen molar-refractivity contribution in [3.63, 3.8) is 0 Å². The molecule has 0 saturated heterocycles. The summed E-state index contributed by atoms with van der Waals surface area (Å²) in [5.74, 6) is -0.290. The Bertz CT molecular complexity index is 553. The van der Waals surface area contributed by atoms with Crippen molar-refractivity contribution in [2.24, 2.45) is 0 Å². The average molecular weight is 273 g/mol. The van der Waals surface area contributed by atoms with Gasteiger partial charge in [0.05, 0.1) is 6.10 Å². The smallest absolute Gasteiger partial charge is 0.123 e. The number of aliphatic hydroxyl groups excluding tert-OH is 1. The van der Waals surface area contributed by atoms with Gasteiger partial charge in [-0.15, -0.1) is 0 Å². The van der Waals surface area contributed by atoms with E-state index < -0.39 is 6.10 Å². The second-order valence-electron chi connectivity index (χ2n) is 5.05. The molecule has 0 aliphatic heterocycles. The zero-order valence-corrected chi connectivity index (χ0v) is 11.8. The Morgan fingerprint density at radius 3 is 2.40 bits per heavy atom. The van der Waals surface area contributed by atoms with Crippen molar-refractivity contribution in [3.05, 3.63) is 71.0 Å². The normalized spacial score (nSPS) is 14.0. The summed E-state index contributed by atoms with van der Waals surface area (Å²) in [7, 11) is 0. The van der Waals surface area contributed by atoms with Gasteiger partial charge in [-0.25, -0.2) is 4.39 Å². The van der Waals surface area contributed by atoms with Crippen LogP contribution in [-0.4, -0.2) is 11.7 Å². The van der Waals surface area contributed by atoms with E-state index in [1.807, 2.05) is 12.1 Å². The number of hydrogen-bond acceptors (Lipinski definition) is 2. The minimum absolute atomic E-state index is 0.159. The lowest BCUT2D eigenvalue weighted by atomic mass is 10.0. The van der Waals surface area contributed by atoms with E-state index in [9.17, 15) is 9.50 Å². The third-order valence-electron chi connectivity index (χ3n) is 3.53. The van der Waals surface area contributed by atoms with Gasteiger partial charge in [0.1, 0.15) is 5.82 Å². The molecule has 0 bridgehead atoms. The van der Waals surface area contributed by atoms with Crippen LogP contribution in [0.3, 0.4) is 0 Å². The number of aliphatic hydroxyl groups is 1. The highest BCUT2D eigenvalue weighted by molar-refractivity contribution is 5.28. The third kappa shape index (κ3) is 3.65. The molecule has 2 rings (SSSR count). The van der Waals surface area contributed by atoms with Crippen LogP contribution in [0.1, 0.15) is 35.8 Å². The Kier molecular flexibility index (Phi) is 4.88. The molecule has 2 unspecified atom stereocenters. The largest absolute Gasteiger partial charge is 0.387 e. The summed E-state index contributed by atoms with van der Waals surface area (Å²) in [6, 6.07) is 14.3. The van der Waals surface area contributed by atoms with Crippen molar-refractivity contribution in [2.75, 3.05) is 6.54 Å². The fraction of sp³-hybridized carbons (Fsp3) is 0.294. The van der Waals surface area contributed by atoms with E-state index in [0.29, 0.717) is 6.54 Å². The first-order chi connectivity index (χ1) is 9.58. The lowest BCUT2D eigenvalue weighted by Gasteiger charge is -2.19. The molecule has 20 heavy (non-hydrogen) atoms. The van der Waals surface area contributed by atoms with Gasteiger partial charge in [-0.2, -0.15) is 0 Å². The van der Waals surface area contributed by atoms with Crippen LogP contribution < -0.4 is 5.32 Å². The first-order valence-electron chi connectivity index (χ1n) is 6.80. The van der Waals surface area contributed by atoms with E-state index in [1.165, 1.54) is 23.3 Å². The molecule has 2 N–H and O–H groups in total. The second-order valence-corrected chi connectivity index (χ2v) is 5.05. The summed E-state index contributed by atoms with van der Waals surface area (Å²) in [5.41, 5.74) is 3.17. The Morgan fingerprint density at radius 2 is 1.75 bits per heavy atom. The second kappa shape index (κ2) is 6.64. The highest BCUT2D eigenvalue weighted by atomic mass is 19.1. The SMILES string of the molecule is Cc1ccccc1C(C)NCC(O)c1ccc(F)cc1. The maximum atomic E-state index is 12.8. The van der Waals surface area contributed by atoms with Crippen molar-refractivity contribution in [1.82, 2.24) is 5.32 Å². The Balaban J connectivity index is 1.95. The maximum absolute atomic E-state index is 12.8. The van der Waals surface area contributed by atoms with Crippen LogP contribution >= 0.6 is 0 Å². The lowest BCUT2D eigenvalue weighted by Crippen LogP contribution is -2.25. The average Bonchev–Trinajstić information content (AvgIpc) is 2.45. The zero-order chi connectivity index (χ0) is 14.5. The molecule has 2 nitrogen and oxygen atoms in total. The minimum atomic E-state index is -0.637. The summed E-state index contributed by atoms with van der Waals surface area (Å²) in [6.45, 7) is 4.57. The van der Waals surface area contributed by atoms with Crippen LogP contribution in [0, 0.1) is 12.7 Å². The van der Waals surface area contributed by atoms with E-state index in [2.05, 4.69) is 31.3 Å². The molecule has 2 atom stereocenters. The first kappa shape index (κ1) is 14.7. The number of hydrogen-bond donors (Lipinski definition) is 2. The van der Waals surface area contributed by atoms with Gasteiger partial charge in [-0.05, 0) is 42.7 Å². The van der Waals surface area contributed by atoms with Crippen LogP contribution in [0.2, 0.25) is 0 Å². The van der Waals surface area contributed by atoms with Gasteiger partial charge in [-0.1, -0.05) is 36.4 Å². The Labute approximate surface area is 119 Å². The standard InChI is InChI=1S/C17H20FNO/c1-12-5-3-4-6-16(12)13(2)19-11-17(20)14-7-9-15(18)10-8-14/h3-10,13,17,19-20H,11H2,1-2H3. The summed E-state index contributed by atoms with van der Waals surface area (Å²) < 4.78 is 12.8. The molecule has 0 amide bonds. The summed E-state index contributed by atoms with van der Waals surface area (Å²) in [5, 5.41) is 13.4. The molecule has 0 fully saturated rings. The number of rotatable bonds is 5. The molecule has 0 radical (unpaired) electrons. The van der Waals surface area contributed by atoms with Crippen molar-refractivity contribution < 1.29 is 9.50 Å². The van der Waals surface area contributed by atoms with Crippen LogP contribution in [0.25, 0.3) is 0 Å². The summed E-state index contributed by atoms with van der Waals surface area (Å²) in [6.07, 6.45) is -0.637. The lowest BCUT2D eigenvalue weighted by molar-refractivity contribution is 0.170. The third-order valence-corrected chi connectivity index (χ3v) is 3.53. The predicted molar refractivity (Wildman–Crippen MR) is 79.0 cm³/mol. The summed E-state index contributed by atoms with van der Waals surface area (Å²) >= 11 is 0. The fourth-order valence-corrected chi connectivity index (χ4v) is 2.27. The van der Waals surface area contributed by atoms with Gasteiger partial charge < -0.3 is 10.4 Å². The number of benzene rings is 2. The van der Waals surface area contributed by atoms with Gasteiger partial charge >= 0.3 is 0 Å². The molecule has 0 spiro atoms. The van der Waals surface area contributed by atoms with Gasteiger partial charge in [0.2, 0.25) is 0 Å². The number of nitrogens with one attached hydrogen (secondary N) is 1. The van der Waals surface area contributed by atoms with E-state index in [0.717, 1.165) is 5.56 Å². The molecule has 2 aromatic rings. The van der Waals surface area contributed by atoms with Gasteiger partial charge in [0, 0.05) is 12.6 Å². The molecule has 0 aliphatic rings.